The lowest BCUT2D eigenvalue weighted by molar-refractivity contribution is 0.0422. The highest BCUT2D eigenvalue weighted by Crippen LogP contribution is 2.23. The molecule has 1 aliphatic rings. The molecular formula is C21H25N5O3. The molecule has 152 valence electrons. The molecule has 4 rings (SSSR count). The van der Waals surface area contributed by atoms with Gasteiger partial charge in [-0.1, -0.05) is 23.8 Å². The summed E-state index contributed by atoms with van der Waals surface area (Å²) in [5.74, 6) is 1.84. The Morgan fingerprint density at radius 3 is 2.66 bits per heavy atom. The zero-order valence-electron chi connectivity index (χ0n) is 16.7. The Kier molecular flexibility index (Phi) is 5.84. The van der Waals surface area contributed by atoms with Crippen LogP contribution >= 0.6 is 0 Å². The third-order valence-electron chi connectivity index (χ3n) is 4.93. The van der Waals surface area contributed by atoms with Crippen LogP contribution in [0.4, 0.5) is 5.82 Å². The molecule has 1 fully saturated rings. The Labute approximate surface area is 169 Å². The molecule has 8 nitrogen and oxygen atoms in total. The van der Waals surface area contributed by atoms with E-state index in [1.54, 1.807) is 4.68 Å². The minimum absolute atomic E-state index is 0.198. The van der Waals surface area contributed by atoms with Gasteiger partial charge in [0.05, 0.1) is 25.5 Å². The number of nitrogens with zero attached hydrogens (tertiary/aromatic N) is 5. The second-order valence-electron chi connectivity index (χ2n) is 6.96. The largest absolute Gasteiger partial charge is 0.393 e. The number of aryl methyl sites for hydroxylation is 1. The summed E-state index contributed by atoms with van der Waals surface area (Å²) in [6, 6.07) is 12.1. The Morgan fingerprint density at radius 1 is 1.14 bits per heavy atom. The van der Waals surface area contributed by atoms with Gasteiger partial charge in [0.15, 0.2) is 11.6 Å². The van der Waals surface area contributed by atoms with E-state index in [-0.39, 0.29) is 6.61 Å². The molecule has 3 heterocycles. The fourth-order valence-corrected chi connectivity index (χ4v) is 3.33. The Balaban J connectivity index is 1.73. The highest BCUT2D eigenvalue weighted by Gasteiger charge is 2.20. The molecule has 1 saturated heterocycles. The number of benzene rings is 1. The normalized spacial score (nSPS) is 15.5. The quantitative estimate of drug-likeness (QED) is 0.684. The molecule has 1 N–H and O–H groups in total. The molecule has 3 aromatic rings. The fourth-order valence-electron chi connectivity index (χ4n) is 3.33. The maximum absolute atomic E-state index is 9.66. The summed E-state index contributed by atoms with van der Waals surface area (Å²) in [6.07, 6.45) is 1.29. The second kappa shape index (κ2) is 8.69. The number of methoxy groups -OCH3 is 1. The van der Waals surface area contributed by atoms with E-state index in [9.17, 15) is 5.11 Å². The van der Waals surface area contributed by atoms with Crippen LogP contribution < -0.4 is 4.90 Å². The number of aliphatic hydroxyl groups excluding tert-OH is 1. The lowest BCUT2D eigenvalue weighted by Crippen LogP contribution is -2.37. The molecule has 1 aromatic carbocycles. The van der Waals surface area contributed by atoms with Crippen LogP contribution in [0.2, 0.25) is 0 Å². The van der Waals surface area contributed by atoms with Gasteiger partial charge in [-0.05, 0) is 19.1 Å². The SMILES string of the molecule is CO[C@H](CO)c1nc(N2CCOCC2)cc(-n2ccc(-c3cccc(C)c3)n2)n1. The lowest BCUT2D eigenvalue weighted by atomic mass is 10.1. The van der Waals surface area contributed by atoms with Crippen molar-refractivity contribution in [1.82, 2.24) is 19.7 Å². The van der Waals surface area contributed by atoms with E-state index in [0.29, 0.717) is 24.9 Å². The van der Waals surface area contributed by atoms with Gasteiger partial charge in [-0.25, -0.2) is 14.6 Å². The molecule has 1 aliphatic heterocycles. The average Bonchev–Trinajstić information content (AvgIpc) is 3.26. The standard InChI is InChI=1S/C21H25N5O3/c1-15-4-3-5-16(12-15)17-6-7-26(24-17)20-13-19(25-8-10-29-11-9-25)22-21(23-20)18(14-27)28-2/h3-7,12-13,18,27H,8-11,14H2,1-2H3/t18-/m1/s1. The Morgan fingerprint density at radius 2 is 1.93 bits per heavy atom. The van der Waals surface area contributed by atoms with Crippen molar-refractivity contribution in [2.75, 3.05) is 44.9 Å². The number of anilines is 1. The minimum Gasteiger partial charge on any atom is -0.393 e. The van der Waals surface area contributed by atoms with Gasteiger partial charge in [-0.3, -0.25) is 0 Å². The second-order valence-corrected chi connectivity index (χ2v) is 6.96. The first kappa shape index (κ1) is 19.5. The summed E-state index contributed by atoms with van der Waals surface area (Å²) in [5, 5.41) is 14.4. The molecule has 0 spiro atoms. The van der Waals surface area contributed by atoms with E-state index in [1.165, 1.54) is 12.7 Å². The van der Waals surface area contributed by atoms with Gasteiger partial charge in [-0.15, -0.1) is 0 Å². The van der Waals surface area contributed by atoms with E-state index in [0.717, 1.165) is 30.2 Å². The van der Waals surface area contributed by atoms with Crippen LogP contribution in [0.3, 0.4) is 0 Å². The molecule has 0 aliphatic carbocycles. The summed E-state index contributed by atoms with van der Waals surface area (Å²) in [4.78, 5) is 11.4. The fraction of sp³-hybridized carbons (Fsp3) is 0.381. The third-order valence-corrected chi connectivity index (χ3v) is 4.93. The minimum atomic E-state index is -0.596. The number of rotatable bonds is 6. The van der Waals surface area contributed by atoms with Crippen molar-refractivity contribution in [3.63, 3.8) is 0 Å². The summed E-state index contributed by atoms with van der Waals surface area (Å²) >= 11 is 0. The molecular weight excluding hydrogens is 370 g/mol. The van der Waals surface area contributed by atoms with Gasteiger partial charge < -0.3 is 19.5 Å². The zero-order valence-corrected chi connectivity index (χ0v) is 16.7. The molecule has 29 heavy (non-hydrogen) atoms. The van der Waals surface area contributed by atoms with Crippen LogP contribution in [0, 0.1) is 6.92 Å². The van der Waals surface area contributed by atoms with Crippen LogP contribution in [0.5, 0.6) is 0 Å². The van der Waals surface area contributed by atoms with Crippen molar-refractivity contribution < 1.29 is 14.6 Å². The Bertz CT molecular complexity index is 964. The number of ether oxygens (including phenoxy) is 2. The number of aliphatic hydroxyl groups is 1. The molecule has 0 unspecified atom stereocenters. The van der Waals surface area contributed by atoms with Crippen LogP contribution in [-0.2, 0) is 9.47 Å². The topological polar surface area (TPSA) is 85.5 Å². The third kappa shape index (κ3) is 4.29. The monoisotopic (exact) mass is 395 g/mol. The van der Waals surface area contributed by atoms with Gasteiger partial charge >= 0.3 is 0 Å². The van der Waals surface area contributed by atoms with Crippen LogP contribution in [0.1, 0.15) is 17.5 Å². The smallest absolute Gasteiger partial charge is 0.164 e. The maximum atomic E-state index is 9.66. The molecule has 0 saturated carbocycles. The van der Waals surface area contributed by atoms with Crippen molar-refractivity contribution in [1.29, 1.82) is 0 Å². The Hall–Kier alpha value is -2.81. The number of morpholine rings is 1. The molecule has 2 aromatic heterocycles. The van der Waals surface area contributed by atoms with Crippen molar-refractivity contribution in [2.45, 2.75) is 13.0 Å². The van der Waals surface area contributed by atoms with Crippen molar-refractivity contribution >= 4 is 5.82 Å². The molecule has 1 atom stereocenters. The van der Waals surface area contributed by atoms with E-state index in [4.69, 9.17) is 14.6 Å². The summed E-state index contributed by atoms with van der Waals surface area (Å²) in [5.41, 5.74) is 3.10. The molecule has 0 amide bonds. The van der Waals surface area contributed by atoms with Crippen molar-refractivity contribution in [2.24, 2.45) is 0 Å². The van der Waals surface area contributed by atoms with Crippen molar-refractivity contribution in [3.8, 4) is 17.1 Å². The summed E-state index contributed by atoms with van der Waals surface area (Å²) < 4.78 is 12.5. The average molecular weight is 395 g/mol. The highest BCUT2D eigenvalue weighted by molar-refractivity contribution is 5.60. The molecule has 0 radical (unpaired) electrons. The van der Waals surface area contributed by atoms with Crippen molar-refractivity contribution in [3.05, 3.63) is 54.0 Å². The van der Waals surface area contributed by atoms with Gasteiger partial charge in [0.1, 0.15) is 11.9 Å². The molecule has 0 bridgehead atoms. The van der Waals surface area contributed by atoms with Crippen LogP contribution in [0.25, 0.3) is 17.1 Å². The first-order chi connectivity index (χ1) is 14.2. The highest BCUT2D eigenvalue weighted by atomic mass is 16.5. The summed E-state index contributed by atoms with van der Waals surface area (Å²) in [6.45, 7) is 4.67. The maximum Gasteiger partial charge on any atom is 0.164 e. The van der Waals surface area contributed by atoms with Gasteiger partial charge in [-0.2, -0.15) is 5.10 Å². The van der Waals surface area contributed by atoms with E-state index < -0.39 is 6.10 Å². The predicted molar refractivity (Wildman–Crippen MR) is 109 cm³/mol. The molecule has 8 heteroatoms. The van der Waals surface area contributed by atoms with Gasteiger partial charge in [0.2, 0.25) is 0 Å². The van der Waals surface area contributed by atoms with Crippen LogP contribution in [-0.4, -0.2) is 64.9 Å². The van der Waals surface area contributed by atoms with Gasteiger partial charge in [0, 0.05) is 38.0 Å². The van der Waals surface area contributed by atoms with Gasteiger partial charge in [0.25, 0.3) is 0 Å². The first-order valence-electron chi connectivity index (χ1n) is 9.66. The number of aromatic nitrogens is 4. The number of hydrogen-bond donors (Lipinski definition) is 1. The van der Waals surface area contributed by atoms with E-state index in [1.807, 2.05) is 30.5 Å². The van der Waals surface area contributed by atoms with Crippen LogP contribution in [0.15, 0.2) is 42.6 Å². The summed E-state index contributed by atoms with van der Waals surface area (Å²) in [7, 11) is 1.54. The van der Waals surface area contributed by atoms with E-state index in [2.05, 4.69) is 33.9 Å². The number of hydrogen-bond acceptors (Lipinski definition) is 7. The first-order valence-corrected chi connectivity index (χ1v) is 9.66. The lowest BCUT2D eigenvalue weighted by Gasteiger charge is -2.28. The predicted octanol–water partition coefficient (Wildman–Crippen LogP) is 2.15. The zero-order chi connectivity index (χ0) is 20.2. The van der Waals surface area contributed by atoms with E-state index >= 15 is 0 Å².